The molecule has 6 heteroatoms. The van der Waals surface area contributed by atoms with Gasteiger partial charge in [-0.25, -0.2) is 0 Å². The fraction of sp³-hybridized carbons (Fsp3) is 0.222. The molecule has 3 rings (SSSR count). The van der Waals surface area contributed by atoms with Crippen LogP contribution in [-0.2, 0) is 16.8 Å². The summed E-state index contributed by atoms with van der Waals surface area (Å²) in [6, 6.07) is 9.86. The maximum absolute atomic E-state index is 12.5. The Morgan fingerprint density at radius 1 is 1.17 bits per heavy atom. The van der Waals surface area contributed by atoms with Gasteiger partial charge in [-0.15, -0.1) is 0 Å². The normalized spacial score (nSPS) is 19.1. The van der Waals surface area contributed by atoms with Crippen molar-refractivity contribution in [1.29, 1.82) is 0 Å². The number of hydrogen-bond donors (Lipinski definition) is 2. The van der Waals surface area contributed by atoms with Gasteiger partial charge < -0.3 is 10.4 Å². The third-order valence-electron chi connectivity index (χ3n) is 4.22. The molecule has 0 unspecified atom stereocenters. The van der Waals surface area contributed by atoms with Gasteiger partial charge in [0.05, 0.1) is 16.5 Å². The van der Waals surface area contributed by atoms with Crippen molar-refractivity contribution in [1.82, 2.24) is 0 Å². The van der Waals surface area contributed by atoms with Gasteiger partial charge in [-0.1, -0.05) is 42.3 Å². The van der Waals surface area contributed by atoms with E-state index in [0.717, 1.165) is 12.0 Å². The van der Waals surface area contributed by atoms with Crippen molar-refractivity contribution in [3.63, 3.8) is 0 Å². The first-order valence-electron chi connectivity index (χ1n) is 7.50. The number of nitrogens with one attached hydrogen (secondary N) is 1. The van der Waals surface area contributed by atoms with E-state index in [-0.39, 0.29) is 17.2 Å². The van der Waals surface area contributed by atoms with Gasteiger partial charge in [-0.2, -0.15) is 0 Å². The topological polar surface area (TPSA) is 66.4 Å². The SMILES string of the molecule is CCc1ccc2c(c1)[C@](O)(CC(=O)c1ccc(Cl)c(Cl)c1)C(=O)N2. The van der Waals surface area contributed by atoms with Crippen LogP contribution in [0.2, 0.25) is 10.0 Å². The number of fused-ring (bicyclic) bond motifs is 1. The maximum Gasteiger partial charge on any atom is 0.261 e. The average molecular weight is 364 g/mol. The number of ketones is 1. The lowest BCUT2D eigenvalue weighted by Crippen LogP contribution is -2.36. The molecule has 0 radical (unpaired) electrons. The summed E-state index contributed by atoms with van der Waals surface area (Å²) in [6.07, 6.45) is 0.398. The van der Waals surface area contributed by atoms with E-state index in [1.807, 2.05) is 13.0 Å². The Morgan fingerprint density at radius 2 is 1.92 bits per heavy atom. The molecule has 1 amide bonds. The molecule has 2 aromatic rings. The van der Waals surface area contributed by atoms with Crippen LogP contribution in [0.3, 0.4) is 0 Å². The molecular formula is C18H15Cl2NO3. The molecule has 2 N–H and O–H groups in total. The summed E-state index contributed by atoms with van der Waals surface area (Å²) in [6.45, 7) is 1.98. The number of carbonyl (C=O) groups is 2. The standard InChI is InChI=1S/C18H15Cl2NO3/c1-2-10-3-6-15-12(7-10)18(24,17(23)21-15)9-16(22)11-4-5-13(19)14(20)8-11/h3-8,24H,2,9H2,1H3,(H,21,23)/t18-/m1/s1. The number of carbonyl (C=O) groups excluding carboxylic acids is 2. The highest BCUT2D eigenvalue weighted by Gasteiger charge is 2.46. The fourth-order valence-corrected chi connectivity index (χ4v) is 3.09. The van der Waals surface area contributed by atoms with Crippen LogP contribution < -0.4 is 5.32 Å². The molecule has 1 atom stereocenters. The van der Waals surface area contributed by atoms with Crippen LogP contribution in [0.15, 0.2) is 36.4 Å². The number of amides is 1. The Bertz CT molecular complexity index is 850. The number of aliphatic hydroxyl groups is 1. The molecular weight excluding hydrogens is 349 g/mol. The van der Waals surface area contributed by atoms with Crippen LogP contribution in [0.25, 0.3) is 0 Å². The fourth-order valence-electron chi connectivity index (χ4n) is 2.79. The van der Waals surface area contributed by atoms with Crippen molar-refractivity contribution in [3.8, 4) is 0 Å². The molecule has 124 valence electrons. The molecule has 0 saturated heterocycles. The van der Waals surface area contributed by atoms with E-state index in [0.29, 0.717) is 21.8 Å². The molecule has 1 aliphatic rings. The lowest BCUT2D eigenvalue weighted by molar-refractivity contribution is -0.133. The predicted molar refractivity (Wildman–Crippen MR) is 93.8 cm³/mol. The van der Waals surface area contributed by atoms with E-state index in [1.54, 1.807) is 12.1 Å². The van der Waals surface area contributed by atoms with Crippen LogP contribution in [0, 0.1) is 0 Å². The smallest absolute Gasteiger partial charge is 0.261 e. The Labute approximate surface area is 149 Å². The molecule has 0 aliphatic carbocycles. The minimum absolute atomic E-state index is 0.249. The van der Waals surface area contributed by atoms with Gasteiger partial charge >= 0.3 is 0 Å². The van der Waals surface area contributed by atoms with Crippen molar-refractivity contribution in [2.24, 2.45) is 0 Å². The van der Waals surface area contributed by atoms with Crippen molar-refractivity contribution in [2.45, 2.75) is 25.4 Å². The van der Waals surface area contributed by atoms with Gasteiger partial charge in [0.1, 0.15) is 0 Å². The zero-order chi connectivity index (χ0) is 17.5. The van der Waals surface area contributed by atoms with E-state index in [2.05, 4.69) is 5.32 Å². The Morgan fingerprint density at radius 3 is 2.58 bits per heavy atom. The number of benzene rings is 2. The summed E-state index contributed by atoms with van der Waals surface area (Å²) >= 11 is 11.8. The zero-order valence-corrected chi connectivity index (χ0v) is 14.4. The molecule has 0 fully saturated rings. The summed E-state index contributed by atoms with van der Waals surface area (Å²) in [5.74, 6) is -0.986. The van der Waals surface area contributed by atoms with Crippen LogP contribution in [0.1, 0.15) is 34.8 Å². The molecule has 0 saturated carbocycles. The first kappa shape index (κ1) is 17.0. The highest BCUT2D eigenvalue weighted by atomic mass is 35.5. The quantitative estimate of drug-likeness (QED) is 0.807. The number of halogens is 2. The Hall–Kier alpha value is -1.88. The largest absolute Gasteiger partial charge is 0.375 e. The van der Waals surface area contributed by atoms with E-state index < -0.39 is 11.5 Å². The van der Waals surface area contributed by atoms with Gasteiger partial charge in [0.25, 0.3) is 5.91 Å². The molecule has 1 aliphatic heterocycles. The van der Waals surface area contributed by atoms with Gasteiger partial charge in [0.2, 0.25) is 0 Å². The predicted octanol–water partition coefficient (Wildman–Crippen LogP) is 3.97. The van der Waals surface area contributed by atoms with Gasteiger partial charge in [0, 0.05) is 16.8 Å². The monoisotopic (exact) mass is 363 g/mol. The molecule has 4 nitrogen and oxygen atoms in total. The Kier molecular flexibility index (Phi) is 4.38. The number of aryl methyl sites for hydroxylation is 1. The first-order valence-corrected chi connectivity index (χ1v) is 8.26. The number of rotatable bonds is 4. The number of anilines is 1. The zero-order valence-electron chi connectivity index (χ0n) is 12.9. The van der Waals surface area contributed by atoms with Crippen molar-refractivity contribution in [2.75, 3.05) is 5.32 Å². The highest BCUT2D eigenvalue weighted by Crippen LogP contribution is 2.40. The second-order valence-electron chi connectivity index (χ2n) is 5.78. The average Bonchev–Trinajstić information content (AvgIpc) is 2.80. The number of Topliss-reactive ketones (excluding diaryl/α,β-unsaturated/α-hetero) is 1. The molecule has 0 bridgehead atoms. The minimum atomic E-state index is -1.89. The highest BCUT2D eigenvalue weighted by molar-refractivity contribution is 6.42. The second-order valence-corrected chi connectivity index (χ2v) is 6.59. The summed E-state index contributed by atoms with van der Waals surface area (Å²) in [5.41, 5.74) is 0.349. The van der Waals surface area contributed by atoms with Crippen molar-refractivity contribution < 1.29 is 14.7 Å². The summed E-state index contributed by atoms with van der Waals surface area (Å²) in [5, 5.41) is 14.1. The second kappa shape index (κ2) is 6.20. The van der Waals surface area contributed by atoms with Gasteiger partial charge in [0.15, 0.2) is 11.4 Å². The third kappa shape index (κ3) is 2.81. The third-order valence-corrected chi connectivity index (χ3v) is 4.96. The van der Waals surface area contributed by atoms with Gasteiger partial charge in [-0.05, 0) is 36.2 Å². The maximum atomic E-state index is 12.5. The summed E-state index contributed by atoms with van der Waals surface area (Å²) in [4.78, 5) is 24.8. The molecule has 24 heavy (non-hydrogen) atoms. The van der Waals surface area contributed by atoms with E-state index in [1.165, 1.54) is 18.2 Å². The van der Waals surface area contributed by atoms with Gasteiger partial charge in [-0.3, -0.25) is 9.59 Å². The van der Waals surface area contributed by atoms with E-state index in [4.69, 9.17) is 23.2 Å². The van der Waals surface area contributed by atoms with Crippen LogP contribution in [-0.4, -0.2) is 16.8 Å². The van der Waals surface area contributed by atoms with E-state index >= 15 is 0 Å². The van der Waals surface area contributed by atoms with Crippen molar-refractivity contribution >= 4 is 40.6 Å². The van der Waals surface area contributed by atoms with E-state index in [9.17, 15) is 14.7 Å². The lowest BCUT2D eigenvalue weighted by Gasteiger charge is -2.20. The summed E-state index contributed by atoms with van der Waals surface area (Å²) in [7, 11) is 0. The van der Waals surface area contributed by atoms with Crippen molar-refractivity contribution in [3.05, 3.63) is 63.1 Å². The molecule has 1 heterocycles. The van der Waals surface area contributed by atoms with Crippen LogP contribution in [0.5, 0.6) is 0 Å². The summed E-state index contributed by atoms with van der Waals surface area (Å²) < 4.78 is 0. The molecule has 0 spiro atoms. The minimum Gasteiger partial charge on any atom is -0.375 e. The van der Waals surface area contributed by atoms with Crippen LogP contribution >= 0.6 is 23.2 Å². The number of hydrogen-bond acceptors (Lipinski definition) is 3. The Balaban J connectivity index is 1.95. The molecule has 0 aromatic heterocycles. The first-order chi connectivity index (χ1) is 11.3. The molecule has 2 aromatic carbocycles. The van der Waals surface area contributed by atoms with Crippen LogP contribution in [0.4, 0.5) is 5.69 Å². The lowest BCUT2D eigenvalue weighted by atomic mass is 9.87.